The van der Waals surface area contributed by atoms with Crippen LogP contribution in [-0.2, 0) is 0 Å². The second-order valence-corrected chi connectivity index (χ2v) is 2.97. The molecule has 0 saturated carbocycles. The van der Waals surface area contributed by atoms with Gasteiger partial charge in [0.15, 0.2) is 5.69 Å². The Kier molecular flexibility index (Phi) is 2.69. The van der Waals surface area contributed by atoms with E-state index < -0.39 is 0 Å². The van der Waals surface area contributed by atoms with Crippen LogP contribution >= 0.6 is 0 Å². The first-order valence-corrected chi connectivity index (χ1v) is 4.50. The van der Waals surface area contributed by atoms with Crippen molar-refractivity contribution in [2.24, 2.45) is 0 Å². The number of ketones is 1. The van der Waals surface area contributed by atoms with Crippen molar-refractivity contribution < 1.29 is 4.79 Å². The summed E-state index contributed by atoms with van der Waals surface area (Å²) in [7, 11) is 0. The van der Waals surface area contributed by atoms with Crippen LogP contribution in [0.4, 0.5) is 0 Å². The van der Waals surface area contributed by atoms with E-state index in [9.17, 15) is 4.79 Å². The Hall–Kier alpha value is -2.23. The molecule has 1 aromatic heterocycles. The lowest BCUT2D eigenvalue weighted by molar-refractivity contribution is 0.104. The summed E-state index contributed by atoms with van der Waals surface area (Å²) in [4.78, 5) is 11.5. The number of allylic oxidation sites excluding steroid dienone is 1. The fraction of sp³-hybridized carbons (Fsp3) is 0. The molecule has 0 radical (unpaired) electrons. The summed E-state index contributed by atoms with van der Waals surface area (Å²) in [5, 5.41) is 9.58. The number of nitrogens with one attached hydrogen (secondary N) is 1. The first-order chi connectivity index (χ1) is 7.36. The Labute approximate surface area is 86.6 Å². The van der Waals surface area contributed by atoms with Crippen molar-refractivity contribution in [1.82, 2.24) is 15.4 Å². The van der Waals surface area contributed by atoms with Crippen molar-refractivity contribution in [3.05, 3.63) is 53.9 Å². The van der Waals surface area contributed by atoms with Crippen LogP contribution in [0.5, 0.6) is 0 Å². The van der Waals surface area contributed by atoms with Crippen LogP contribution in [0, 0.1) is 0 Å². The van der Waals surface area contributed by atoms with Gasteiger partial charge in [0.1, 0.15) is 0 Å². The zero-order chi connectivity index (χ0) is 10.5. The van der Waals surface area contributed by atoms with Crippen molar-refractivity contribution in [2.45, 2.75) is 0 Å². The summed E-state index contributed by atoms with van der Waals surface area (Å²) in [5.41, 5.74) is 1.30. The highest BCUT2D eigenvalue weighted by Gasteiger charge is 2.03. The van der Waals surface area contributed by atoms with Crippen LogP contribution in [0.25, 0.3) is 6.08 Å². The molecule has 0 aliphatic carbocycles. The fourth-order valence-corrected chi connectivity index (χ4v) is 1.14. The summed E-state index contributed by atoms with van der Waals surface area (Å²) in [5.74, 6) is -0.160. The lowest BCUT2D eigenvalue weighted by atomic mass is 10.2. The molecule has 0 fully saturated rings. The molecule has 74 valence electrons. The van der Waals surface area contributed by atoms with Gasteiger partial charge in [-0.25, -0.2) is 0 Å². The van der Waals surface area contributed by atoms with E-state index in [0.29, 0.717) is 5.69 Å². The summed E-state index contributed by atoms with van der Waals surface area (Å²) in [6.45, 7) is 0. The zero-order valence-corrected chi connectivity index (χ0v) is 7.92. The molecule has 4 heteroatoms. The number of aromatic amines is 1. The fourth-order valence-electron chi connectivity index (χ4n) is 1.14. The van der Waals surface area contributed by atoms with Gasteiger partial charge in [0.25, 0.3) is 0 Å². The third kappa shape index (κ3) is 2.37. The van der Waals surface area contributed by atoms with Crippen LogP contribution in [0.3, 0.4) is 0 Å². The number of aromatic nitrogens is 3. The van der Waals surface area contributed by atoms with Gasteiger partial charge in [-0.05, 0) is 11.6 Å². The number of hydrogen-bond acceptors (Lipinski definition) is 3. The van der Waals surface area contributed by atoms with Crippen LogP contribution in [0.15, 0.2) is 42.6 Å². The maximum absolute atomic E-state index is 11.5. The third-order valence-electron chi connectivity index (χ3n) is 1.90. The molecule has 0 amide bonds. The molecule has 1 N–H and O–H groups in total. The normalized spacial score (nSPS) is 10.7. The first kappa shape index (κ1) is 9.33. The molecule has 4 nitrogen and oxygen atoms in total. The Morgan fingerprint density at radius 1 is 1.27 bits per heavy atom. The molecule has 2 rings (SSSR count). The minimum Gasteiger partial charge on any atom is -0.287 e. The number of carbonyl (C=O) groups excluding carboxylic acids is 1. The number of carbonyl (C=O) groups is 1. The van der Waals surface area contributed by atoms with Crippen molar-refractivity contribution >= 4 is 11.9 Å². The number of benzene rings is 1. The van der Waals surface area contributed by atoms with Gasteiger partial charge in [-0.3, -0.25) is 9.89 Å². The van der Waals surface area contributed by atoms with Gasteiger partial charge < -0.3 is 0 Å². The Morgan fingerprint density at radius 2 is 2.07 bits per heavy atom. The molecular weight excluding hydrogens is 190 g/mol. The van der Waals surface area contributed by atoms with Gasteiger partial charge in [0, 0.05) is 0 Å². The average molecular weight is 199 g/mol. The molecule has 0 unspecified atom stereocenters. The molecule has 1 heterocycles. The van der Waals surface area contributed by atoms with Gasteiger partial charge in [-0.2, -0.15) is 0 Å². The summed E-state index contributed by atoms with van der Waals surface area (Å²) < 4.78 is 0. The largest absolute Gasteiger partial charge is 0.287 e. The lowest BCUT2D eigenvalue weighted by Gasteiger charge is -1.90. The van der Waals surface area contributed by atoms with E-state index in [0.717, 1.165) is 5.56 Å². The maximum Gasteiger partial charge on any atom is 0.207 e. The van der Waals surface area contributed by atoms with E-state index in [2.05, 4.69) is 15.4 Å². The topological polar surface area (TPSA) is 58.6 Å². The van der Waals surface area contributed by atoms with Crippen molar-refractivity contribution in [3.8, 4) is 0 Å². The molecule has 2 aromatic rings. The number of rotatable bonds is 3. The Morgan fingerprint density at radius 3 is 2.73 bits per heavy atom. The molecule has 0 aliphatic rings. The number of hydrogen-bond donors (Lipinski definition) is 1. The highest BCUT2D eigenvalue weighted by molar-refractivity contribution is 6.05. The Bertz CT molecular complexity index is 460. The minimum absolute atomic E-state index is 0.160. The summed E-state index contributed by atoms with van der Waals surface area (Å²) >= 11 is 0. The SMILES string of the molecule is O=C(C=Cc1ccccc1)c1c[nH]nn1. The quantitative estimate of drug-likeness (QED) is 0.604. The van der Waals surface area contributed by atoms with Gasteiger partial charge in [0.2, 0.25) is 5.78 Å². The van der Waals surface area contributed by atoms with E-state index in [-0.39, 0.29) is 5.78 Å². The molecule has 0 atom stereocenters. The highest BCUT2D eigenvalue weighted by Crippen LogP contribution is 2.02. The molecule has 0 bridgehead atoms. The standard InChI is InChI=1S/C11H9N3O/c15-11(10-8-12-14-13-10)7-6-9-4-2-1-3-5-9/h1-8H,(H,12,13,14). The van der Waals surface area contributed by atoms with E-state index in [1.165, 1.54) is 12.3 Å². The molecule has 0 aliphatic heterocycles. The van der Waals surface area contributed by atoms with E-state index >= 15 is 0 Å². The number of H-pyrrole nitrogens is 1. The van der Waals surface area contributed by atoms with Crippen LogP contribution in [0.2, 0.25) is 0 Å². The van der Waals surface area contributed by atoms with Crippen molar-refractivity contribution in [2.75, 3.05) is 0 Å². The molecular formula is C11H9N3O. The van der Waals surface area contributed by atoms with E-state index in [1.54, 1.807) is 6.08 Å². The van der Waals surface area contributed by atoms with Gasteiger partial charge in [-0.15, -0.1) is 5.10 Å². The van der Waals surface area contributed by atoms with Crippen LogP contribution in [-0.4, -0.2) is 21.2 Å². The number of nitrogens with zero attached hydrogens (tertiary/aromatic N) is 2. The predicted molar refractivity (Wildman–Crippen MR) is 56.2 cm³/mol. The lowest BCUT2D eigenvalue weighted by Crippen LogP contribution is -1.93. The van der Waals surface area contributed by atoms with Gasteiger partial charge >= 0.3 is 0 Å². The van der Waals surface area contributed by atoms with Crippen LogP contribution < -0.4 is 0 Å². The average Bonchev–Trinajstić information content (AvgIpc) is 2.81. The first-order valence-electron chi connectivity index (χ1n) is 4.50. The zero-order valence-electron chi connectivity index (χ0n) is 7.92. The van der Waals surface area contributed by atoms with Gasteiger partial charge in [0.05, 0.1) is 6.20 Å². The molecule has 1 aromatic carbocycles. The Balaban J connectivity index is 2.10. The molecule has 0 saturated heterocycles. The van der Waals surface area contributed by atoms with Crippen molar-refractivity contribution in [1.29, 1.82) is 0 Å². The van der Waals surface area contributed by atoms with Crippen LogP contribution in [0.1, 0.15) is 16.1 Å². The smallest absolute Gasteiger partial charge is 0.207 e. The predicted octanol–water partition coefficient (Wildman–Crippen LogP) is 1.70. The third-order valence-corrected chi connectivity index (χ3v) is 1.90. The van der Waals surface area contributed by atoms with E-state index in [4.69, 9.17) is 0 Å². The van der Waals surface area contributed by atoms with Gasteiger partial charge in [-0.1, -0.05) is 41.6 Å². The van der Waals surface area contributed by atoms with Crippen molar-refractivity contribution in [3.63, 3.8) is 0 Å². The minimum atomic E-state index is -0.160. The molecule has 0 spiro atoms. The monoisotopic (exact) mass is 199 g/mol. The second-order valence-electron chi connectivity index (χ2n) is 2.97. The molecule has 15 heavy (non-hydrogen) atoms. The highest BCUT2D eigenvalue weighted by atomic mass is 16.1. The summed E-state index contributed by atoms with van der Waals surface area (Å²) in [6, 6.07) is 9.61. The second kappa shape index (κ2) is 4.32. The summed E-state index contributed by atoms with van der Waals surface area (Å²) in [6.07, 6.45) is 4.70. The maximum atomic E-state index is 11.5. The van der Waals surface area contributed by atoms with E-state index in [1.807, 2.05) is 30.3 Å².